The molecule has 0 radical (unpaired) electrons. The molecule has 0 aromatic heterocycles. The average Bonchev–Trinajstić information content (AvgIpc) is 1.64. The summed E-state index contributed by atoms with van der Waals surface area (Å²) in [6, 6.07) is 0. The van der Waals surface area contributed by atoms with Gasteiger partial charge in [0.05, 0.1) is 31.3 Å². The van der Waals surface area contributed by atoms with Crippen LogP contribution in [0.5, 0.6) is 0 Å². The van der Waals surface area contributed by atoms with Crippen molar-refractivity contribution in [2.45, 2.75) is 0 Å². The largest absolute Gasteiger partial charge is 1.00 e. The van der Waals surface area contributed by atoms with Gasteiger partial charge in [-0.2, -0.15) is 0 Å². The summed E-state index contributed by atoms with van der Waals surface area (Å²) in [6.07, 6.45) is 0. The molecule has 0 atom stereocenters. The first-order chi connectivity index (χ1) is 7.41. The van der Waals surface area contributed by atoms with Gasteiger partial charge < -0.3 is 66.0 Å². The van der Waals surface area contributed by atoms with Crippen molar-refractivity contribution in [3.63, 3.8) is 0 Å². The van der Waals surface area contributed by atoms with Crippen LogP contribution in [0.1, 0.15) is 0 Å². The molecule has 0 aliphatic carbocycles. The Balaban J connectivity index is -0.0000000188. The van der Waals surface area contributed by atoms with Crippen LogP contribution in [0.3, 0.4) is 0 Å². The monoisotopic (exact) mass is 532 g/mol. The van der Waals surface area contributed by atoms with Crippen molar-refractivity contribution in [2.24, 2.45) is 0 Å². The zero-order chi connectivity index (χ0) is 15.4. The summed E-state index contributed by atoms with van der Waals surface area (Å²) in [5.74, 6) is 0. The molecule has 0 rings (SSSR count). The summed E-state index contributed by atoms with van der Waals surface area (Å²) >= 11 is 0. The summed E-state index contributed by atoms with van der Waals surface area (Å²) < 4.78 is 42.3. The van der Waals surface area contributed by atoms with Gasteiger partial charge in [0, 0.05) is 0 Å². The van der Waals surface area contributed by atoms with E-state index >= 15 is 0 Å². The Labute approximate surface area is 325 Å². The number of rotatable bonds is 4. The van der Waals surface area contributed by atoms with Gasteiger partial charge in [-0.05, 0) is 0 Å². The number of hydrogen-bond acceptors (Lipinski definition) is 14. The molecular weight excluding hydrogens is 532 g/mol. The quantitative estimate of drug-likeness (QED) is 0.240. The van der Waals surface area contributed by atoms with Crippen molar-refractivity contribution in [3.05, 3.63) is 0 Å². The Morgan fingerprint density at radius 3 is 0.423 bits per heavy atom. The normalized spacial score (nSPS) is 9.54. The van der Waals surface area contributed by atoms with E-state index in [1.807, 2.05) is 0 Å². The topological polar surface area (TPSA) is 271 Å². The van der Waals surface area contributed by atoms with Crippen molar-refractivity contribution in [2.75, 3.05) is 0 Å². The van der Waals surface area contributed by atoms with E-state index in [1.54, 1.807) is 0 Å². The van der Waals surface area contributed by atoms with Crippen molar-refractivity contribution < 1.29 is 302 Å². The second kappa shape index (κ2) is 29.7. The van der Waals surface area contributed by atoms with Gasteiger partial charge in [0.25, 0.3) is 0 Å². The van der Waals surface area contributed by atoms with Crippen LogP contribution in [0, 0.1) is 0 Å². The molecule has 0 aliphatic rings. The molecule has 0 amide bonds. The van der Waals surface area contributed by atoms with Crippen molar-refractivity contribution in [1.82, 2.24) is 0 Å². The second-order valence-corrected chi connectivity index (χ2v) is 6.84. The molecule has 0 heterocycles. The first-order valence-electron chi connectivity index (χ1n) is 2.92. The Bertz CT molecular complexity index is 360. The van der Waals surface area contributed by atoms with Crippen LogP contribution in [0.2, 0.25) is 0 Å². The fourth-order valence-corrected chi connectivity index (χ4v) is 2.20. The Morgan fingerprint density at radius 2 is 0.423 bits per heavy atom. The fraction of sp³-hybridized carbons (Fsp3) is 0. The summed E-state index contributed by atoms with van der Waals surface area (Å²) in [5, 5.41) is 0. The summed E-state index contributed by atoms with van der Waals surface area (Å²) in [4.78, 5) is 74.6. The van der Waals surface area contributed by atoms with Crippen LogP contribution in [0.25, 0.3) is 0 Å². The molecule has 0 aromatic rings. The molecule has 112 valence electrons. The first kappa shape index (κ1) is 64.5. The molecule has 0 aliphatic heterocycles. The van der Waals surface area contributed by atoms with E-state index in [-0.39, 0.29) is 236 Å². The Morgan fingerprint density at radius 1 is 0.346 bits per heavy atom. The molecule has 0 saturated heterocycles. The second-order valence-electron chi connectivity index (χ2n) is 1.95. The van der Waals surface area contributed by atoms with E-state index in [0.717, 1.165) is 0 Å². The van der Waals surface area contributed by atoms with Crippen LogP contribution >= 0.6 is 31.3 Å². The number of phosphoric acid groups is 4. The zero-order valence-corrected chi connectivity index (χ0v) is 35.1. The molecule has 26 heteroatoms. The third kappa shape index (κ3) is 76.7. The molecule has 0 fully saturated rings. The van der Waals surface area contributed by atoms with E-state index < -0.39 is 31.3 Å². The van der Waals surface area contributed by atoms with Gasteiger partial charge in [-0.15, -0.1) is 0 Å². The molecule has 26 heavy (non-hydrogen) atoms. The minimum absolute atomic E-state index is 0. The summed E-state index contributed by atoms with van der Waals surface area (Å²) in [5.41, 5.74) is 0. The predicted molar refractivity (Wildman–Crippen MR) is 32.6 cm³/mol. The molecule has 0 unspecified atom stereocenters. The molecular formula is Na8O14P4. The van der Waals surface area contributed by atoms with E-state index in [4.69, 9.17) is 0 Å². The van der Waals surface area contributed by atoms with Gasteiger partial charge in [-0.3, -0.25) is 0 Å². The summed E-state index contributed by atoms with van der Waals surface area (Å²) in [7, 11) is -22.7. The Kier molecular flexibility index (Phi) is 73.8. The van der Waals surface area contributed by atoms with E-state index in [2.05, 4.69) is 8.62 Å². The van der Waals surface area contributed by atoms with Gasteiger partial charge in [0.1, 0.15) is 0 Å². The van der Waals surface area contributed by atoms with Gasteiger partial charge >= 0.3 is 236 Å². The SMILES string of the molecule is O=P([O-])([O-])OP(=O)([O-])[O-].O=P([O-])([O-])OP(=O)([O-])[O-].[Na+].[Na+].[Na+].[Na+].[Na+].[Na+].[Na+].[Na+]. The Hall–Kier alpha value is 8.52. The number of hydrogen-bond donors (Lipinski definition) is 0. The standard InChI is InChI=1S/8Na.2H4O7P2/c;;;;;;;;2*1-8(2,3)7-9(4,5)6/h;;;;;;;;2*(H2,1,2,3)(H2,4,5,6)/q8*+1;;/p-8. The summed E-state index contributed by atoms with van der Waals surface area (Å²) in [6.45, 7) is 0. The molecule has 0 bridgehead atoms. The maximum atomic E-state index is 9.32. The minimum Gasteiger partial charge on any atom is -0.790 e. The van der Waals surface area contributed by atoms with E-state index in [1.165, 1.54) is 0 Å². The predicted octanol–water partition coefficient (Wildman–Crippen LogP) is -30.6. The minimum atomic E-state index is -5.68. The maximum absolute atomic E-state index is 9.32. The molecule has 0 spiro atoms. The molecule has 14 nitrogen and oxygen atoms in total. The maximum Gasteiger partial charge on any atom is 1.00 e. The van der Waals surface area contributed by atoms with Crippen molar-refractivity contribution >= 4 is 31.3 Å². The molecule has 0 aromatic carbocycles. The van der Waals surface area contributed by atoms with Crippen LogP contribution in [0.4, 0.5) is 0 Å². The third-order valence-electron chi connectivity index (χ3n) is 0.400. The zero-order valence-electron chi connectivity index (χ0n) is 15.5. The van der Waals surface area contributed by atoms with Gasteiger partial charge in [-0.1, -0.05) is 0 Å². The first-order valence-corrected chi connectivity index (χ1v) is 8.76. The smallest absolute Gasteiger partial charge is 0.790 e. The molecule has 0 saturated carbocycles. The van der Waals surface area contributed by atoms with Crippen LogP contribution < -0.4 is 276 Å². The molecule has 0 N–H and O–H groups in total. The van der Waals surface area contributed by atoms with Crippen molar-refractivity contribution in [1.29, 1.82) is 0 Å². The fourth-order valence-electron chi connectivity index (χ4n) is 0.245. The van der Waals surface area contributed by atoms with Crippen LogP contribution in [-0.2, 0) is 26.9 Å². The van der Waals surface area contributed by atoms with E-state index in [0.29, 0.717) is 0 Å². The van der Waals surface area contributed by atoms with Gasteiger partial charge in [-0.25, -0.2) is 0 Å². The van der Waals surface area contributed by atoms with Crippen molar-refractivity contribution in [3.8, 4) is 0 Å². The third-order valence-corrected chi connectivity index (χ3v) is 3.60. The van der Waals surface area contributed by atoms with Crippen LogP contribution in [-0.4, -0.2) is 0 Å². The van der Waals surface area contributed by atoms with Gasteiger partial charge in [0.2, 0.25) is 0 Å². The van der Waals surface area contributed by atoms with E-state index in [9.17, 15) is 57.4 Å². The van der Waals surface area contributed by atoms with Crippen LogP contribution in [0.15, 0.2) is 0 Å². The van der Waals surface area contributed by atoms with Gasteiger partial charge in [0.15, 0.2) is 0 Å². The average molecular weight is 532 g/mol.